The summed E-state index contributed by atoms with van der Waals surface area (Å²) in [5.74, 6) is -1.07. The topological polar surface area (TPSA) is 106 Å². The maximum Gasteiger partial charge on any atom is 0.335 e. The molecular formula is C9H10N2O4. The van der Waals surface area contributed by atoms with E-state index in [1.807, 2.05) is 0 Å². The Bertz CT molecular complexity index is 403. The van der Waals surface area contributed by atoms with Crippen LogP contribution in [-0.2, 0) is 6.42 Å². The number of rotatable bonds is 4. The second-order valence-electron chi connectivity index (χ2n) is 3.03. The molecule has 15 heavy (non-hydrogen) atoms. The molecule has 0 aliphatic rings. The summed E-state index contributed by atoms with van der Waals surface area (Å²) >= 11 is 0. The summed E-state index contributed by atoms with van der Waals surface area (Å²) < 4.78 is 0. The van der Waals surface area contributed by atoms with E-state index in [-0.39, 0.29) is 18.5 Å². The number of hydrogen-bond acceptors (Lipinski definition) is 4. The van der Waals surface area contributed by atoms with Crippen LogP contribution in [0.3, 0.4) is 0 Å². The Morgan fingerprint density at radius 2 is 2.20 bits per heavy atom. The van der Waals surface area contributed by atoms with Gasteiger partial charge in [-0.1, -0.05) is 0 Å². The van der Waals surface area contributed by atoms with Crippen molar-refractivity contribution in [1.29, 1.82) is 0 Å². The molecule has 6 heteroatoms. The Morgan fingerprint density at radius 3 is 2.73 bits per heavy atom. The van der Waals surface area contributed by atoms with E-state index in [0.717, 1.165) is 0 Å². The van der Waals surface area contributed by atoms with E-state index in [1.165, 1.54) is 18.2 Å². The van der Waals surface area contributed by atoms with Gasteiger partial charge in [0.15, 0.2) is 0 Å². The first-order valence-corrected chi connectivity index (χ1v) is 4.24. The lowest BCUT2D eigenvalue weighted by Crippen LogP contribution is -2.07. The first-order chi connectivity index (χ1) is 7.00. The monoisotopic (exact) mass is 210 g/mol. The number of benzene rings is 1. The number of hydrogen-bond donors (Lipinski definition) is 2. The van der Waals surface area contributed by atoms with Gasteiger partial charge in [0.25, 0.3) is 0 Å². The lowest BCUT2D eigenvalue weighted by Gasteiger charge is -2.04. The fourth-order valence-corrected chi connectivity index (χ4v) is 1.17. The number of nitrogens with zero attached hydrogens (tertiary/aromatic N) is 1. The van der Waals surface area contributed by atoms with Gasteiger partial charge < -0.3 is 10.8 Å². The summed E-state index contributed by atoms with van der Waals surface area (Å²) in [7, 11) is 0. The third-order valence-electron chi connectivity index (χ3n) is 1.95. The molecule has 0 fully saturated rings. The largest absolute Gasteiger partial charge is 0.478 e. The maximum atomic E-state index is 10.6. The van der Waals surface area contributed by atoms with Crippen LogP contribution < -0.4 is 5.73 Å². The van der Waals surface area contributed by atoms with Crippen molar-refractivity contribution in [3.05, 3.63) is 39.4 Å². The predicted molar refractivity (Wildman–Crippen MR) is 53.4 cm³/mol. The van der Waals surface area contributed by atoms with Crippen LogP contribution in [0.1, 0.15) is 15.9 Å². The molecule has 1 rings (SSSR count). The average molecular weight is 210 g/mol. The van der Waals surface area contributed by atoms with Crippen LogP contribution in [0.25, 0.3) is 0 Å². The molecule has 0 saturated carbocycles. The van der Waals surface area contributed by atoms with E-state index in [1.54, 1.807) is 0 Å². The number of nitrogen functional groups attached to an aromatic ring is 1. The molecule has 0 aliphatic carbocycles. The van der Waals surface area contributed by atoms with Crippen molar-refractivity contribution in [1.82, 2.24) is 0 Å². The first kappa shape index (κ1) is 11.0. The highest BCUT2D eigenvalue weighted by Gasteiger charge is 2.08. The Morgan fingerprint density at radius 1 is 1.53 bits per heavy atom. The zero-order chi connectivity index (χ0) is 11.4. The fraction of sp³-hybridized carbons (Fsp3) is 0.222. The molecular weight excluding hydrogens is 200 g/mol. The molecule has 0 atom stereocenters. The minimum absolute atomic E-state index is 0.0857. The molecule has 0 aliphatic heterocycles. The standard InChI is InChI=1S/C9H10N2O4/c10-8-2-1-7(9(12)13)5-6(8)3-4-11(14)15/h1-2,5H,3-4,10H2,(H,12,13). The van der Waals surface area contributed by atoms with Crippen molar-refractivity contribution in [3.63, 3.8) is 0 Å². The second kappa shape index (κ2) is 4.41. The molecule has 0 aromatic heterocycles. The number of anilines is 1. The molecule has 0 radical (unpaired) electrons. The van der Waals surface area contributed by atoms with Crippen LogP contribution in [0.2, 0.25) is 0 Å². The summed E-state index contributed by atoms with van der Waals surface area (Å²) in [6.45, 7) is -0.257. The molecule has 0 amide bonds. The van der Waals surface area contributed by atoms with Crippen molar-refractivity contribution in [2.45, 2.75) is 6.42 Å². The Labute approximate surface area is 85.5 Å². The second-order valence-corrected chi connectivity index (χ2v) is 3.03. The van der Waals surface area contributed by atoms with Crippen molar-refractivity contribution >= 4 is 11.7 Å². The van der Waals surface area contributed by atoms with E-state index in [2.05, 4.69) is 0 Å². The molecule has 6 nitrogen and oxygen atoms in total. The molecule has 3 N–H and O–H groups in total. The quantitative estimate of drug-likeness (QED) is 0.434. The Balaban J connectivity index is 2.90. The van der Waals surface area contributed by atoms with Gasteiger partial charge >= 0.3 is 5.97 Å². The minimum atomic E-state index is -1.07. The molecule has 1 aromatic rings. The highest BCUT2D eigenvalue weighted by molar-refractivity contribution is 5.88. The first-order valence-electron chi connectivity index (χ1n) is 4.24. The fourth-order valence-electron chi connectivity index (χ4n) is 1.17. The number of nitrogens with two attached hydrogens (primary N) is 1. The molecule has 0 saturated heterocycles. The third-order valence-corrected chi connectivity index (χ3v) is 1.95. The number of carbonyl (C=O) groups is 1. The normalized spacial score (nSPS) is 9.87. The number of aromatic carboxylic acids is 1. The van der Waals surface area contributed by atoms with Crippen molar-refractivity contribution in [3.8, 4) is 0 Å². The summed E-state index contributed by atoms with van der Waals surface area (Å²) in [5.41, 5.74) is 6.51. The van der Waals surface area contributed by atoms with Crippen LogP contribution in [-0.4, -0.2) is 22.5 Å². The lowest BCUT2D eigenvalue weighted by molar-refractivity contribution is -0.479. The van der Waals surface area contributed by atoms with Crippen LogP contribution in [0.4, 0.5) is 5.69 Å². The SMILES string of the molecule is Nc1ccc(C(=O)O)cc1CC[N+](=O)[O-]. The van der Waals surface area contributed by atoms with Crippen molar-refractivity contribution in [2.75, 3.05) is 12.3 Å². The van der Waals surface area contributed by atoms with E-state index < -0.39 is 10.9 Å². The molecule has 80 valence electrons. The van der Waals surface area contributed by atoms with Gasteiger partial charge in [0, 0.05) is 17.0 Å². The average Bonchev–Trinajstić information content (AvgIpc) is 2.16. The van der Waals surface area contributed by atoms with Crippen molar-refractivity contribution in [2.24, 2.45) is 0 Å². The van der Waals surface area contributed by atoms with E-state index >= 15 is 0 Å². The van der Waals surface area contributed by atoms with Gasteiger partial charge in [-0.25, -0.2) is 4.79 Å². The number of carboxylic acids is 1. The third kappa shape index (κ3) is 2.94. The van der Waals surface area contributed by atoms with E-state index in [0.29, 0.717) is 11.3 Å². The zero-order valence-corrected chi connectivity index (χ0v) is 7.84. The van der Waals surface area contributed by atoms with Crippen LogP contribution in [0, 0.1) is 10.1 Å². The van der Waals surface area contributed by atoms with Gasteiger partial charge in [-0.2, -0.15) is 0 Å². The van der Waals surface area contributed by atoms with Crippen LogP contribution in [0.5, 0.6) is 0 Å². The molecule has 0 spiro atoms. The van der Waals surface area contributed by atoms with Gasteiger partial charge in [-0.3, -0.25) is 10.1 Å². The predicted octanol–water partition coefficient (Wildman–Crippen LogP) is 0.786. The summed E-state index contributed by atoms with van der Waals surface area (Å²) in [6.07, 6.45) is 0.139. The molecule has 0 heterocycles. The van der Waals surface area contributed by atoms with Gasteiger partial charge in [-0.15, -0.1) is 0 Å². The van der Waals surface area contributed by atoms with E-state index in [9.17, 15) is 14.9 Å². The number of nitro groups is 1. The smallest absolute Gasteiger partial charge is 0.335 e. The number of carboxylic acid groups (broad SMARTS) is 1. The maximum absolute atomic E-state index is 10.6. The zero-order valence-electron chi connectivity index (χ0n) is 7.84. The van der Waals surface area contributed by atoms with Gasteiger partial charge in [0.05, 0.1) is 5.56 Å². The van der Waals surface area contributed by atoms with E-state index in [4.69, 9.17) is 10.8 Å². The molecule has 0 bridgehead atoms. The van der Waals surface area contributed by atoms with Gasteiger partial charge in [0.1, 0.15) is 0 Å². The summed E-state index contributed by atoms with van der Waals surface area (Å²) in [4.78, 5) is 20.3. The Hall–Kier alpha value is -2.11. The van der Waals surface area contributed by atoms with Crippen LogP contribution >= 0.6 is 0 Å². The van der Waals surface area contributed by atoms with Gasteiger partial charge in [-0.05, 0) is 23.8 Å². The minimum Gasteiger partial charge on any atom is -0.478 e. The Kier molecular flexibility index (Phi) is 3.22. The molecule has 0 unspecified atom stereocenters. The lowest BCUT2D eigenvalue weighted by atomic mass is 10.1. The van der Waals surface area contributed by atoms with Crippen LogP contribution in [0.15, 0.2) is 18.2 Å². The summed E-state index contributed by atoms with van der Waals surface area (Å²) in [6, 6.07) is 4.17. The van der Waals surface area contributed by atoms with Crippen molar-refractivity contribution < 1.29 is 14.8 Å². The highest BCUT2D eigenvalue weighted by atomic mass is 16.6. The molecule has 1 aromatic carbocycles. The van der Waals surface area contributed by atoms with Gasteiger partial charge in [0.2, 0.25) is 6.54 Å². The summed E-state index contributed by atoms with van der Waals surface area (Å²) in [5, 5.41) is 18.9. The highest BCUT2D eigenvalue weighted by Crippen LogP contribution is 2.14.